The van der Waals surface area contributed by atoms with Crippen LogP contribution in [0.3, 0.4) is 0 Å². The van der Waals surface area contributed by atoms with Crippen LogP contribution in [-0.2, 0) is 4.57 Å². The van der Waals surface area contributed by atoms with Crippen molar-refractivity contribution in [1.29, 1.82) is 0 Å². The van der Waals surface area contributed by atoms with Crippen molar-refractivity contribution in [3.8, 4) is 5.75 Å². The molecule has 0 aromatic heterocycles. The summed E-state index contributed by atoms with van der Waals surface area (Å²) in [6.07, 6.45) is 0. The first-order chi connectivity index (χ1) is 7.80. The van der Waals surface area contributed by atoms with E-state index in [1.165, 1.54) is 18.2 Å². The van der Waals surface area contributed by atoms with Crippen molar-refractivity contribution in [1.82, 2.24) is 0 Å². The lowest BCUT2D eigenvalue weighted by Crippen LogP contribution is -2.08. The Kier molecular flexibility index (Phi) is 4.19. The van der Waals surface area contributed by atoms with Crippen LogP contribution in [0.15, 0.2) is 24.3 Å². The van der Waals surface area contributed by atoms with Crippen LogP contribution in [-0.4, -0.2) is 26.5 Å². The van der Waals surface area contributed by atoms with Crippen LogP contribution in [0.25, 0.3) is 0 Å². The van der Waals surface area contributed by atoms with Gasteiger partial charge < -0.3 is 19.6 Å². The average molecular weight is 263 g/mol. The summed E-state index contributed by atoms with van der Waals surface area (Å²) in [4.78, 5) is 26.9. The van der Waals surface area contributed by atoms with Crippen molar-refractivity contribution >= 4 is 7.60 Å². The smallest absolute Gasteiger partial charge is 0.358 e. The molecule has 0 bridgehead atoms. The van der Waals surface area contributed by atoms with Crippen LogP contribution >= 0.6 is 7.60 Å². The van der Waals surface area contributed by atoms with E-state index in [-0.39, 0.29) is 11.3 Å². The van der Waals surface area contributed by atoms with Crippen molar-refractivity contribution in [2.75, 3.05) is 6.73 Å². The van der Waals surface area contributed by atoms with Gasteiger partial charge in [-0.3, -0.25) is 14.7 Å². The lowest BCUT2D eigenvalue weighted by molar-refractivity contribution is -0.514. The third-order valence-electron chi connectivity index (χ3n) is 1.81. The summed E-state index contributed by atoms with van der Waals surface area (Å²) in [5, 5.41) is 19.4. The van der Waals surface area contributed by atoms with Crippen LogP contribution in [0.2, 0.25) is 0 Å². The Hall–Kier alpha value is -1.47. The fourth-order valence-electron chi connectivity index (χ4n) is 1.09. The van der Waals surface area contributed by atoms with E-state index < -0.39 is 25.1 Å². The van der Waals surface area contributed by atoms with E-state index >= 15 is 0 Å². The highest BCUT2D eigenvalue weighted by atomic mass is 31.2. The van der Waals surface area contributed by atoms with E-state index in [0.29, 0.717) is 0 Å². The Morgan fingerprint density at radius 3 is 2.65 bits per heavy atom. The van der Waals surface area contributed by atoms with Crippen LogP contribution < -0.4 is 4.74 Å². The van der Waals surface area contributed by atoms with Crippen LogP contribution in [0.5, 0.6) is 5.75 Å². The highest BCUT2D eigenvalue weighted by Gasteiger charge is 2.28. The van der Waals surface area contributed by atoms with Crippen LogP contribution in [0, 0.1) is 10.1 Å². The second-order valence-corrected chi connectivity index (χ2v) is 4.81. The van der Waals surface area contributed by atoms with Gasteiger partial charge in [0.2, 0.25) is 0 Å². The SMILES string of the molecule is O=[N+]([O-])COc1cccc(C(O)P(=O)(O)O)c1. The Balaban J connectivity index is 2.86. The summed E-state index contributed by atoms with van der Waals surface area (Å²) in [5.41, 5.74) is -0.0702. The number of ether oxygens (including phenoxy) is 1. The molecule has 0 saturated carbocycles. The minimum atomic E-state index is -4.67. The van der Waals surface area contributed by atoms with Gasteiger partial charge in [0.15, 0.2) is 5.85 Å². The molecule has 0 saturated heterocycles. The minimum Gasteiger partial charge on any atom is -0.432 e. The minimum absolute atomic E-state index is 0.0479. The normalized spacial score (nSPS) is 13.1. The first-order valence-electron chi connectivity index (χ1n) is 4.38. The van der Waals surface area contributed by atoms with Gasteiger partial charge in [0.25, 0.3) is 0 Å². The summed E-state index contributed by atoms with van der Waals surface area (Å²) in [7, 11) is -4.67. The highest BCUT2D eigenvalue weighted by molar-refractivity contribution is 7.51. The number of hydrogen-bond acceptors (Lipinski definition) is 5. The summed E-state index contributed by atoms with van der Waals surface area (Å²) in [6, 6.07) is 5.15. The molecule has 17 heavy (non-hydrogen) atoms. The molecule has 0 spiro atoms. The first-order valence-corrected chi connectivity index (χ1v) is 6.06. The fraction of sp³-hybridized carbons (Fsp3) is 0.250. The maximum Gasteiger partial charge on any atom is 0.358 e. The molecule has 0 aliphatic carbocycles. The second kappa shape index (κ2) is 5.24. The van der Waals surface area contributed by atoms with E-state index in [0.717, 1.165) is 6.07 Å². The van der Waals surface area contributed by atoms with Gasteiger partial charge in [0, 0.05) is 0 Å². The standard InChI is InChI=1S/C8H10NO7P/c10-8(17(13,14)15)6-2-1-3-7(4-6)16-5-9(11)12/h1-4,8,10H,5H2,(H2,13,14,15). The zero-order valence-electron chi connectivity index (χ0n) is 8.46. The number of hydrogen-bond donors (Lipinski definition) is 3. The van der Waals surface area contributed by atoms with E-state index in [1.807, 2.05) is 0 Å². The van der Waals surface area contributed by atoms with E-state index in [4.69, 9.17) is 14.5 Å². The molecule has 94 valence electrons. The van der Waals surface area contributed by atoms with Gasteiger partial charge in [-0.25, -0.2) is 0 Å². The number of nitro groups is 1. The molecule has 0 radical (unpaired) electrons. The van der Waals surface area contributed by atoms with Gasteiger partial charge in [-0.15, -0.1) is 0 Å². The lowest BCUT2D eigenvalue weighted by atomic mass is 10.2. The van der Waals surface area contributed by atoms with Gasteiger partial charge in [0.05, 0.1) is 4.92 Å². The number of rotatable bonds is 5. The van der Waals surface area contributed by atoms with Gasteiger partial charge in [0.1, 0.15) is 5.75 Å². The molecule has 1 aromatic carbocycles. The van der Waals surface area contributed by atoms with Crippen molar-refractivity contribution in [2.45, 2.75) is 5.85 Å². The molecule has 1 rings (SSSR count). The van der Waals surface area contributed by atoms with Crippen molar-refractivity contribution in [3.63, 3.8) is 0 Å². The molecule has 0 fully saturated rings. The molecule has 0 amide bonds. The average Bonchev–Trinajstić information content (AvgIpc) is 2.24. The predicted molar refractivity (Wildman–Crippen MR) is 55.9 cm³/mol. The topological polar surface area (TPSA) is 130 Å². The summed E-state index contributed by atoms with van der Waals surface area (Å²) in [5.74, 6) is -1.92. The molecule has 0 aliphatic heterocycles. The Morgan fingerprint density at radius 2 is 2.12 bits per heavy atom. The van der Waals surface area contributed by atoms with Crippen molar-refractivity contribution < 1.29 is 29.1 Å². The highest BCUT2D eigenvalue weighted by Crippen LogP contribution is 2.50. The summed E-state index contributed by atoms with van der Waals surface area (Å²) in [6.45, 7) is -0.768. The largest absolute Gasteiger partial charge is 0.432 e. The first kappa shape index (κ1) is 13.6. The van der Waals surface area contributed by atoms with Crippen molar-refractivity contribution in [3.05, 3.63) is 39.9 Å². The van der Waals surface area contributed by atoms with E-state index in [9.17, 15) is 19.8 Å². The van der Waals surface area contributed by atoms with E-state index in [2.05, 4.69) is 0 Å². The van der Waals surface area contributed by atoms with Crippen LogP contribution in [0.1, 0.15) is 11.4 Å². The molecule has 1 aromatic rings. The lowest BCUT2D eigenvalue weighted by Gasteiger charge is -2.13. The Morgan fingerprint density at radius 1 is 1.47 bits per heavy atom. The zero-order valence-corrected chi connectivity index (χ0v) is 9.36. The zero-order chi connectivity index (χ0) is 13.1. The second-order valence-electron chi connectivity index (χ2n) is 3.14. The van der Waals surface area contributed by atoms with Crippen molar-refractivity contribution in [2.24, 2.45) is 0 Å². The van der Waals surface area contributed by atoms with Gasteiger partial charge in [-0.05, 0) is 17.7 Å². The summed E-state index contributed by atoms with van der Waals surface area (Å²) >= 11 is 0. The molecule has 0 aliphatic rings. The molecule has 9 heteroatoms. The Bertz CT molecular complexity index is 457. The van der Waals surface area contributed by atoms with Gasteiger partial charge >= 0.3 is 14.3 Å². The molecule has 3 N–H and O–H groups in total. The fourth-order valence-corrected chi connectivity index (χ4v) is 1.64. The van der Waals surface area contributed by atoms with Crippen LogP contribution in [0.4, 0.5) is 0 Å². The third kappa shape index (κ3) is 4.12. The third-order valence-corrected chi connectivity index (χ3v) is 2.75. The maximum atomic E-state index is 10.8. The van der Waals surface area contributed by atoms with E-state index in [1.54, 1.807) is 0 Å². The molecule has 0 heterocycles. The molecular formula is C8H10NO7P. The predicted octanol–water partition coefficient (Wildman–Crippen LogP) is 0.468. The number of aliphatic hydroxyl groups is 1. The molecule has 1 unspecified atom stereocenters. The maximum absolute atomic E-state index is 10.8. The monoisotopic (exact) mass is 263 g/mol. The quantitative estimate of drug-likeness (QED) is 0.304. The Labute approximate surface area is 95.8 Å². The number of aliphatic hydroxyl groups excluding tert-OH is 1. The summed E-state index contributed by atoms with van der Waals surface area (Å²) < 4.78 is 15.5. The molecule has 1 atom stereocenters. The molecular weight excluding hydrogens is 253 g/mol. The van der Waals surface area contributed by atoms with Gasteiger partial charge in [-0.2, -0.15) is 0 Å². The van der Waals surface area contributed by atoms with Gasteiger partial charge in [-0.1, -0.05) is 12.1 Å². The molecule has 8 nitrogen and oxygen atoms in total. The number of benzene rings is 1. The number of nitrogens with zero attached hydrogens (tertiary/aromatic N) is 1.